The quantitative estimate of drug-likeness (QED) is 0.725. The Morgan fingerprint density at radius 1 is 1.20 bits per heavy atom. The Labute approximate surface area is 169 Å². The number of primary amides is 1. The molecule has 2 amide bonds. The number of rotatable bonds is 6. The van der Waals surface area contributed by atoms with Gasteiger partial charge in [0.2, 0.25) is 11.9 Å². The Bertz CT molecular complexity index is 915. The minimum atomic E-state index is -4.91. The number of hydrogen-bond donors (Lipinski definition) is 2. The minimum absolute atomic E-state index is 0.0113. The molecular formula is C18H18F3N5O4. The lowest BCUT2D eigenvalue weighted by Crippen LogP contribution is -2.38. The SMILES string of the molecule is NC(=O)c1cc(CNc2ncc(C(=O)N3CCCOC3)cn2)cc(OC(F)(F)F)c1. The highest BCUT2D eigenvalue weighted by Crippen LogP contribution is 2.25. The molecule has 0 bridgehead atoms. The van der Waals surface area contributed by atoms with Gasteiger partial charge in [0.05, 0.1) is 12.2 Å². The van der Waals surface area contributed by atoms with Crippen molar-refractivity contribution in [1.29, 1.82) is 0 Å². The maximum absolute atomic E-state index is 12.5. The van der Waals surface area contributed by atoms with Crippen molar-refractivity contribution >= 4 is 17.8 Å². The number of halogens is 3. The Morgan fingerprint density at radius 3 is 2.53 bits per heavy atom. The van der Waals surface area contributed by atoms with E-state index in [4.69, 9.17) is 10.5 Å². The van der Waals surface area contributed by atoms with Gasteiger partial charge in [0.15, 0.2) is 0 Å². The maximum atomic E-state index is 12.5. The van der Waals surface area contributed by atoms with E-state index < -0.39 is 18.0 Å². The first-order valence-corrected chi connectivity index (χ1v) is 8.84. The van der Waals surface area contributed by atoms with Crippen LogP contribution in [0.25, 0.3) is 0 Å². The van der Waals surface area contributed by atoms with E-state index in [1.807, 2.05) is 0 Å². The minimum Gasteiger partial charge on any atom is -0.406 e. The number of aromatic nitrogens is 2. The van der Waals surface area contributed by atoms with E-state index in [2.05, 4.69) is 20.0 Å². The molecule has 0 saturated carbocycles. The molecule has 1 aliphatic heterocycles. The Balaban J connectivity index is 1.67. The molecule has 1 fully saturated rings. The van der Waals surface area contributed by atoms with Gasteiger partial charge in [0.25, 0.3) is 5.91 Å². The summed E-state index contributed by atoms with van der Waals surface area (Å²) < 4.78 is 46.6. The topological polar surface area (TPSA) is 120 Å². The van der Waals surface area contributed by atoms with Gasteiger partial charge < -0.3 is 25.4 Å². The zero-order valence-corrected chi connectivity index (χ0v) is 15.6. The molecule has 1 aromatic carbocycles. The molecule has 12 heteroatoms. The number of hydrogen-bond acceptors (Lipinski definition) is 7. The second kappa shape index (κ2) is 8.95. The molecule has 3 rings (SSSR count). The highest BCUT2D eigenvalue weighted by Gasteiger charge is 2.31. The lowest BCUT2D eigenvalue weighted by atomic mass is 10.1. The van der Waals surface area contributed by atoms with Gasteiger partial charge >= 0.3 is 6.36 Å². The van der Waals surface area contributed by atoms with Gasteiger partial charge in [0, 0.05) is 31.0 Å². The monoisotopic (exact) mass is 425 g/mol. The summed E-state index contributed by atoms with van der Waals surface area (Å²) in [6.07, 6.45) is -1.49. The number of ether oxygens (including phenoxy) is 2. The highest BCUT2D eigenvalue weighted by atomic mass is 19.4. The van der Waals surface area contributed by atoms with Crippen LogP contribution < -0.4 is 15.8 Å². The van der Waals surface area contributed by atoms with Crippen molar-refractivity contribution < 1.29 is 32.2 Å². The zero-order chi connectivity index (χ0) is 21.7. The molecule has 0 spiro atoms. The first kappa shape index (κ1) is 21.3. The van der Waals surface area contributed by atoms with Crippen molar-refractivity contribution in [3.05, 3.63) is 47.3 Å². The Kier molecular flexibility index (Phi) is 6.35. The van der Waals surface area contributed by atoms with E-state index in [0.29, 0.717) is 18.7 Å². The number of amides is 2. The smallest absolute Gasteiger partial charge is 0.406 e. The molecular weight excluding hydrogens is 407 g/mol. The molecule has 1 saturated heterocycles. The van der Waals surface area contributed by atoms with Crippen LogP contribution in [0.5, 0.6) is 5.75 Å². The molecule has 30 heavy (non-hydrogen) atoms. The van der Waals surface area contributed by atoms with E-state index in [1.165, 1.54) is 23.4 Å². The average molecular weight is 425 g/mol. The molecule has 2 aromatic rings. The lowest BCUT2D eigenvalue weighted by Gasteiger charge is -2.26. The molecule has 0 radical (unpaired) electrons. The largest absolute Gasteiger partial charge is 0.573 e. The summed E-state index contributed by atoms with van der Waals surface area (Å²) in [5.74, 6) is -1.58. The molecule has 0 atom stereocenters. The van der Waals surface area contributed by atoms with E-state index >= 15 is 0 Å². The fourth-order valence-corrected chi connectivity index (χ4v) is 2.75. The third-order valence-electron chi connectivity index (χ3n) is 4.08. The van der Waals surface area contributed by atoms with E-state index in [1.54, 1.807) is 0 Å². The van der Waals surface area contributed by atoms with Crippen LogP contribution in [0, 0.1) is 0 Å². The van der Waals surface area contributed by atoms with Crippen LogP contribution in [-0.4, -0.2) is 52.9 Å². The van der Waals surface area contributed by atoms with Gasteiger partial charge in [-0.05, 0) is 30.2 Å². The average Bonchev–Trinajstić information content (AvgIpc) is 2.71. The number of nitrogens with one attached hydrogen (secondary N) is 1. The number of carbonyl (C=O) groups is 2. The van der Waals surface area contributed by atoms with E-state index in [9.17, 15) is 22.8 Å². The summed E-state index contributed by atoms with van der Waals surface area (Å²) in [5, 5.41) is 2.80. The van der Waals surface area contributed by atoms with Crippen molar-refractivity contribution in [3.8, 4) is 5.75 Å². The van der Waals surface area contributed by atoms with Crippen LogP contribution in [0.3, 0.4) is 0 Å². The summed E-state index contributed by atoms with van der Waals surface area (Å²) in [7, 11) is 0. The van der Waals surface area contributed by atoms with Crippen LogP contribution in [0.4, 0.5) is 19.1 Å². The first-order chi connectivity index (χ1) is 14.2. The lowest BCUT2D eigenvalue weighted by molar-refractivity contribution is -0.274. The van der Waals surface area contributed by atoms with Crippen molar-refractivity contribution in [2.45, 2.75) is 19.3 Å². The van der Waals surface area contributed by atoms with E-state index in [-0.39, 0.29) is 36.3 Å². The fraction of sp³-hybridized carbons (Fsp3) is 0.333. The zero-order valence-electron chi connectivity index (χ0n) is 15.6. The normalized spacial score (nSPS) is 14.3. The maximum Gasteiger partial charge on any atom is 0.573 e. The van der Waals surface area contributed by atoms with Crippen molar-refractivity contribution in [2.24, 2.45) is 5.73 Å². The Hall–Kier alpha value is -3.41. The highest BCUT2D eigenvalue weighted by molar-refractivity contribution is 5.94. The van der Waals surface area contributed by atoms with Gasteiger partial charge in [0.1, 0.15) is 12.5 Å². The summed E-state index contributed by atoms with van der Waals surface area (Å²) in [5.41, 5.74) is 5.60. The number of anilines is 1. The second-order valence-electron chi connectivity index (χ2n) is 6.39. The summed E-state index contributed by atoms with van der Waals surface area (Å²) in [6.45, 7) is 1.38. The van der Waals surface area contributed by atoms with Gasteiger partial charge in [-0.15, -0.1) is 13.2 Å². The molecule has 0 unspecified atom stereocenters. The molecule has 0 aliphatic carbocycles. The van der Waals surface area contributed by atoms with E-state index in [0.717, 1.165) is 18.6 Å². The second-order valence-corrected chi connectivity index (χ2v) is 6.39. The third-order valence-corrected chi connectivity index (χ3v) is 4.08. The molecule has 9 nitrogen and oxygen atoms in total. The number of nitrogens with zero attached hydrogens (tertiary/aromatic N) is 3. The summed E-state index contributed by atoms with van der Waals surface area (Å²) in [6, 6.07) is 3.34. The van der Waals surface area contributed by atoms with Crippen molar-refractivity contribution in [1.82, 2.24) is 14.9 Å². The van der Waals surface area contributed by atoms with Crippen LogP contribution in [-0.2, 0) is 11.3 Å². The third kappa shape index (κ3) is 5.80. The number of alkyl halides is 3. The standard InChI is InChI=1S/C18H18F3N5O4/c19-18(20,21)30-14-5-11(4-12(6-14)15(22)27)7-23-17-24-8-13(9-25-17)16(28)26-2-1-3-29-10-26/h4-6,8-9H,1-3,7,10H2,(H2,22,27)(H,23,24,25). The number of benzene rings is 1. The van der Waals surface area contributed by atoms with Gasteiger partial charge in [-0.25, -0.2) is 9.97 Å². The van der Waals surface area contributed by atoms with Crippen LogP contribution >= 0.6 is 0 Å². The molecule has 2 heterocycles. The fourth-order valence-electron chi connectivity index (χ4n) is 2.75. The Morgan fingerprint density at radius 2 is 1.93 bits per heavy atom. The predicted octanol–water partition coefficient (Wildman–Crippen LogP) is 1.91. The van der Waals surface area contributed by atoms with Crippen LogP contribution in [0.2, 0.25) is 0 Å². The molecule has 160 valence electrons. The number of carbonyl (C=O) groups excluding carboxylic acids is 2. The summed E-state index contributed by atoms with van der Waals surface area (Å²) >= 11 is 0. The molecule has 1 aromatic heterocycles. The van der Waals surface area contributed by atoms with Crippen LogP contribution in [0.1, 0.15) is 32.7 Å². The van der Waals surface area contributed by atoms with Gasteiger partial charge in [-0.1, -0.05) is 0 Å². The van der Waals surface area contributed by atoms with Crippen molar-refractivity contribution in [3.63, 3.8) is 0 Å². The van der Waals surface area contributed by atoms with Gasteiger partial charge in [-0.3, -0.25) is 9.59 Å². The molecule has 3 N–H and O–H groups in total. The summed E-state index contributed by atoms with van der Waals surface area (Å²) in [4.78, 5) is 33.3. The van der Waals surface area contributed by atoms with Gasteiger partial charge in [-0.2, -0.15) is 0 Å². The van der Waals surface area contributed by atoms with Crippen molar-refractivity contribution in [2.75, 3.05) is 25.2 Å². The van der Waals surface area contributed by atoms with Crippen LogP contribution in [0.15, 0.2) is 30.6 Å². The predicted molar refractivity (Wildman–Crippen MR) is 97.5 cm³/mol. The number of nitrogens with two attached hydrogens (primary N) is 1. The first-order valence-electron chi connectivity index (χ1n) is 8.84. The molecule has 1 aliphatic rings.